The molecule has 32 heavy (non-hydrogen) atoms. The van der Waals surface area contributed by atoms with E-state index in [1.54, 1.807) is 0 Å². The van der Waals surface area contributed by atoms with Gasteiger partial charge in [-0.05, 0) is 61.9 Å². The van der Waals surface area contributed by atoms with Gasteiger partial charge in [0.05, 0.1) is 23.8 Å². The molecule has 6 nitrogen and oxygen atoms in total. The summed E-state index contributed by atoms with van der Waals surface area (Å²) in [4.78, 5) is 24.7. The van der Waals surface area contributed by atoms with Crippen LogP contribution in [0.1, 0.15) is 70.0 Å². The summed E-state index contributed by atoms with van der Waals surface area (Å²) in [5, 5.41) is 15.7. The molecule has 0 saturated carbocycles. The standard InChI is InChI=1S/C25H38N2O4S/c1-5-7-12-20(10-6-2)16-24(30)26-17-21(28)14-15-23(29)27-25(19(4)32-31)22-13-9-8-11-18(22)3/h7-13,19,21,25,28,31H,5-6,14-17H2,1-4H3,(H,26,30)(H,27,29)/b12-7-,20-10+. The number of aliphatic hydroxyl groups excluding tert-OH is 1. The fourth-order valence-electron chi connectivity index (χ4n) is 3.30. The highest BCUT2D eigenvalue weighted by atomic mass is 32.2. The second-order valence-electron chi connectivity index (χ2n) is 7.88. The summed E-state index contributed by atoms with van der Waals surface area (Å²) in [6.45, 7) is 7.99. The van der Waals surface area contributed by atoms with E-state index < -0.39 is 6.10 Å². The van der Waals surface area contributed by atoms with Crippen LogP contribution in [0.25, 0.3) is 0 Å². The van der Waals surface area contributed by atoms with Crippen LogP contribution in [0.3, 0.4) is 0 Å². The highest BCUT2D eigenvalue weighted by Crippen LogP contribution is 2.27. The molecule has 1 aromatic rings. The van der Waals surface area contributed by atoms with E-state index in [4.69, 9.17) is 0 Å². The Morgan fingerprint density at radius 1 is 1.16 bits per heavy atom. The van der Waals surface area contributed by atoms with Crippen molar-refractivity contribution in [2.24, 2.45) is 0 Å². The minimum atomic E-state index is -0.809. The molecule has 0 aliphatic heterocycles. The van der Waals surface area contributed by atoms with Gasteiger partial charge in [0.1, 0.15) is 0 Å². The summed E-state index contributed by atoms with van der Waals surface area (Å²) < 4.78 is 9.53. The van der Waals surface area contributed by atoms with Gasteiger partial charge >= 0.3 is 0 Å². The molecule has 0 radical (unpaired) electrons. The molecule has 0 aromatic heterocycles. The second kappa shape index (κ2) is 15.7. The molecule has 2 amide bonds. The van der Waals surface area contributed by atoms with Crippen molar-refractivity contribution in [2.45, 2.75) is 77.2 Å². The van der Waals surface area contributed by atoms with E-state index >= 15 is 0 Å². The maximum Gasteiger partial charge on any atom is 0.224 e. The number of nitrogens with one attached hydrogen (secondary N) is 2. The first-order valence-corrected chi connectivity index (χ1v) is 12.1. The number of rotatable bonds is 14. The summed E-state index contributed by atoms with van der Waals surface area (Å²) in [5.41, 5.74) is 2.95. The van der Waals surface area contributed by atoms with E-state index in [9.17, 15) is 19.2 Å². The van der Waals surface area contributed by atoms with Crippen LogP contribution in [0.15, 0.2) is 48.1 Å². The minimum absolute atomic E-state index is 0.104. The van der Waals surface area contributed by atoms with Gasteiger partial charge in [0.15, 0.2) is 0 Å². The van der Waals surface area contributed by atoms with Crippen LogP contribution in [0, 0.1) is 6.92 Å². The molecule has 1 aromatic carbocycles. The topological polar surface area (TPSA) is 98.7 Å². The monoisotopic (exact) mass is 462 g/mol. The Kier molecular flexibility index (Phi) is 13.7. The van der Waals surface area contributed by atoms with Crippen LogP contribution >= 0.6 is 12.0 Å². The predicted octanol–water partition coefficient (Wildman–Crippen LogP) is 4.70. The van der Waals surface area contributed by atoms with E-state index in [1.165, 1.54) is 0 Å². The zero-order valence-corrected chi connectivity index (χ0v) is 20.5. The molecule has 0 spiro atoms. The van der Waals surface area contributed by atoms with Crippen LogP contribution in [0.4, 0.5) is 0 Å². The van der Waals surface area contributed by atoms with Crippen molar-refractivity contribution in [1.82, 2.24) is 10.6 Å². The first-order valence-electron chi connectivity index (χ1n) is 11.3. The van der Waals surface area contributed by atoms with Crippen molar-refractivity contribution >= 4 is 23.9 Å². The Hall–Kier alpha value is -2.09. The average molecular weight is 463 g/mol. The Bertz CT molecular complexity index is 779. The smallest absolute Gasteiger partial charge is 0.224 e. The predicted molar refractivity (Wildman–Crippen MR) is 132 cm³/mol. The van der Waals surface area contributed by atoms with Gasteiger partial charge in [0, 0.05) is 13.0 Å². The number of amides is 2. The third kappa shape index (κ3) is 10.5. The summed E-state index contributed by atoms with van der Waals surface area (Å²) in [5.74, 6) is -0.357. The van der Waals surface area contributed by atoms with Gasteiger partial charge in [-0.3, -0.25) is 9.59 Å². The highest BCUT2D eigenvalue weighted by molar-refractivity contribution is 7.94. The molecule has 0 aliphatic carbocycles. The van der Waals surface area contributed by atoms with Crippen molar-refractivity contribution in [2.75, 3.05) is 6.54 Å². The summed E-state index contributed by atoms with van der Waals surface area (Å²) in [6.07, 6.45) is 7.58. The normalized spacial score (nSPS) is 14.8. The zero-order valence-electron chi connectivity index (χ0n) is 19.6. The largest absolute Gasteiger partial charge is 0.391 e. The molecule has 178 valence electrons. The maximum atomic E-state index is 12.5. The number of hydrogen-bond acceptors (Lipinski definition) is 5. The molecule has 3 unspecified atom stereocenters. The Balaban J connectivity index is 2.52. The van der Waals surface area contributed by atoms with E-state index in [-0.39, 0.29) is 48.9 Å². The Morgan fingerprint density at radius 2 is 1.88 bits per heavy atom. The summed E-state index contributed by atoms with van der Waals surface area (Å²) in [6, 6.07) is 7.40. The number of carbonyl (C=O) groups excluding carboxylic acids is 2. The lowest BCUT2D eigenvalue weighted by Gasteiger charge is -2.25. The molecular weight excluding hydrogens is 424 g/mol. The average Bonchev–Trinajstić information content (AvgIpc) is 2.78. The second-order valence-corrected chi connectivity index (χ2v) is 8.84. The van der Waals surface area contributed by atoms with Gasteiger partial charge in [0.2, 0.25) is 11.8 Å². The number of allylic oxidation sites excluding steroid dienone is 3. The summed E-state index contributed by atoms with van der Waals surface area (Å²) >= 11 is 0.706. The maximum absolute atomic E-state index is 12.5. The van der Waals surface area contributed by atoms with Crippen molar-refractivity contribution in [3.05, 3.63) is 59.2 Å². The first-order chi connectivity index (χ1) is 15.3. The molecule has 0 aliphatic rings. The van der Waals surface area contributed by atoms with Gasteiger partial charge in [-0.1, -0.05) is 56.3 Å². The first kappa shape index (κ1) is 27.9. The third-order valence-electron chi connectivity index (χ3n) is 5.11. The van der Waals surface area contributed by atoms with Crippen LogP contribution in [-0.2, 0) is 9.59 Å². The summed E-state index contributed by atoms with van der Waals surface area (Å²) in [7, 11) is 0. The van der Waals surface area contributed by atoms with Gasteiger partial charge in [-0.25, -0.2) is 0 Å². The van der Waals surface area contributed by atoms with Crippen molar-refractivity contribution in [3.8, 4) is 0 Å². The van der Waals surface area contributed by atoms with Crippen LogP contribution in [0.2, 0.25) is 0 Å². The highest BCUT2D eigenvalue weighted by Gasteiger charge is 2.23. The molecule has 0 fully saturated rings. The fourth-order valence-corrected chi connectivity index (χ4v) is 3.64. The van der Waals surface area contributed by atoms with Crippen LogP contribution < -0.4 is 10.6 Å². The molecule has 7 heteroatoms. The van der Waals surface area contributed by atoms with Crippen molar-refractivity contribution in [1.29, 1.82) is 0 Å². The number of hydrogen-bond donors (Lipinski definition) is 4. The lowest BCUT2D eigenvalue weighted by Crippen LogP contribution is -2.36. The molecule has 0 bridgehead atoms. The number of benzene rings is 1. The van der Waals surface area contributed by atoms with Gasteiger partial charge in [-0.2, -0.15) is 0 Å². The van der Waals surface area contributed by atoms with Gasteiger partial charge in [-0.15, -0.1) is 0 Å². The Labute approximate surface area is 196 Å². The lowest BCUT2D eigenvalue weighted by molar-refractivity contribution is -0.122. The van der Waals surface area contributed by atoms with Crippen LogP contribution in [0.5, 0.6) is 0 Å². The molecule has 0 heterocycles. The minimum Gasteiger partial charge on any atom is -0.391 e. The van der Waals surface area contributed by atoms with Crippen LogP contribution in [-0.4, -0.2) is 39.4 Å². The quantitative estimate of drug-likeness (QED) is 0.237. The van der Waals surface area contributed by atoms with E-state index in [1.807, 2.05) is 70.2 Å². The molecule has 1 rings (SSSR count). The van der Waals surface area contributed by atoms with E-state index in [0.717, 1.165) is 29.5 Å². The molecule has 3 atom stereocenters. The zero-order chi connectivity index (χ0) is 23.9. The molecular formula is C25H38N2O4S. The SMILES string of the molecule is CC/C=C\C(=C/CC)CC(=O)NCC(O)CCC(=O)NC(c1ccccc1C)C(C)SO. The van der Waals surface area contributed by atoms with Crippen molar-refractivity contribution < 1.29 is 19.2 Å². The molecule has 0 saturated heterocycles. The number of aliphatic hydroxyl groups is 1. The van der Waals surface area contributed by atoms with Gasteiger partial charge in [0.25, 0.3) is 0 Å². The number of aryl methyl sites for hydroxylation is 1. The molecule has 4 N–H and O–H groups in total. The lowest BCUT2D eigenvalue weighted by atomic mass is 9.98. The third-order valence-corrected chi connectivity index (χ3v) is 5.72. The van der Waals surface area contributed by atoms with Gasteiger partial charge < -0.3 is 20.3 Å². The number of carbonyl (C=O) groups is 2. The van der Waals surface area contributed by atoms with E-state index in [0.29, 0.717) is 12.0 Å². The fraction of sp³-hybridized carbons (Fsp3) is 0.520. The van der Waals surface area contributed by atoms with Crippen molar-refractivity contribution in [3.63, 3.8) is 0 Å². The Morgan fingerprint density at radius 3 is 2.50 bits per heavy atom. The van der Waals surface area contributed by atoms with E-state index in [2.05, 4.69) is 10.6 Å².